The van der Waals surface area contributed by atoms with Crippen molar-refractivity contribution in [2.75, 3.05) is 13.2 Å². The summed E-state index contributed by atoms with van der Waals surface area (Å²) in [7, 11) is 0. The number of Topliss-reactive ketones (excluding diaryl/α,β-unsaturated/α-hetero) is 1. The fraction of sp³-hybridized carbons (Fsp3) is 0.500. The van der Waals surface area contributed by atoms with Crippen molar-refractivity contribution in [3.8, 4) is 0 Å². The standard InChI is InChI=1S/C12H15NO3S/c1-7-6-9(17-11(7)12(13)15)10(14)8-2-4-16-5-3-8/h6,8H,2-5H2,1H3,(H2,13,15). The van der Waals surface area contributed by atoms with Crippen molar-refractivity contribution < 1.29 is 14.3 Å². The number of thiophene rings is 1. The van der Waals surface area contributed by atoms with Crippen LogP contribution in [0.3, 0.4) is 0 Å². The maximum absolute atomic E-state index is 12.2. The first-order valence-electron chi connectivity index (χ1n) is 5.62. The van der Waals surface area contributed by atoms with Gasteiger partial charge in [0.05, 0.1) is 9.75 Å². The molecule has 0 radical (unpaired) electrons. The van der Waals surface area contributed by atoms with Crippen LogP contribution in [-0.2, 0) is 4.74 Å². The molecule has 1 amide bonds. The molecule has 0 aliphatic carbocycles. The topological polar surface area (TPSA) is 69.4 Å². The van der Waals surface area contributed by atoms with E-state index in [0.29, 0.717) is 23.0 Å². The third-order valence-corrected chi connectivity index (χ3v) is 4.24. The Morgan fingerprint density at radius 2 is 2.06 bits per heavy atom. The number of rotatable bonds is 3. The Morgan fingerprint density at radius 3 is 2.59 bits per heavy atom. The van der Waals surface area contributed by atoms with Crippen LogP contribution in [0.15, 0.2) is 6.07 Å². The van der Waals surface area contributed by atoms with Crippen LogP contribution in [0.25, 0.3) is 0 Å². The van der Waals surface area contributed by atoms with Crippen LogP contribution in [0.1, 0.15) is 37.7 Å². The van der Waals surface area contributed by atoms with Gasteiger partial charge < -0.3 is 10.5 Å². The summed E-state index contributed by atoms with van der Waals surface area (Å²) in [4.78, 5) is 24.5. The zero-order valence-corrected chi connectivity index (χ0v) is 10.5. The van der Waals surface area contributed by atoms with Crippen LogP contribution in [0.5, 0.6) is 0 Å². The Balaban J connectivity index is 2.19. The highest BCUT2D eigenvalue weighted by atomic mass is 32.1. The highest BCUT2D eigenvalue weighted by molar-refractivity contribution is 7.16. The molecule has 2 rings (SSSR count). The zero-order chi connectivity index (χ0) is 12.4. The van der Waals surface area contributed by atoms with E-state index in [-0.39, 0.29) is 11.7 Å². The fourth-order valence-electron chi connectivity index (χ4n) is 2.01. The van der Waals surface area contributed by atoms with Gasteiger partial charge in [-0.2, -0.15) is 0 Å². The van der Waals surface area contributed by atoms with E-state index in [1.54, 1.807) is 13.0 Å². The minimum Gasteiger partial charge on any atom is -0.381 e. The first-order valence-corrected chi connectivity index (χ1v) is 6.43. The molecule has 0 spiro atoms. The van der Waals surface area contributed by atoms with Crippen molar-refractivity contribution in [1.29, 1.82) is 0 Å². The quantitative estimate of drug-likeness (QED) is 0.834. The summed E-state index contributed by atoms with van der Waals surface area (Å²) in [5.41, 5.74) is 6.04. The number of hydrogen-bond donors (Lipinski definition) is 1. The van der Waals surface area contributed by atoms with Crippen LogP contribution >= 0.6 is 11.3 Å². The molecule has 0 saturated carbocycles. The zero-order valence-electron chi connectivity index (χ0n) is 9.69. The third kappa shape index (κ3) is 2.56. The Labute approximate surface area is 104 Å². The predicted octanol–water partition coefficient (Wildman–Crippen LogP) is 1.76. The minimum absolute atomic E-state index is 0.0301. The molecule has 2 heterocycles. The van der Waals surface area contributed by atoms with Gasteiger partial charge >= 0.3 is 0 Å². The number of ketones is 1. The molecule has 1 aliphatic rings. The van der Waals surface area contributed by atoms with Crippen molar-refractivity contribution in [1.82, 2.24) is 0 Å². The predicted molar refractivity (Wildman–Crippen MR) is 65.4 cm³/mol. The van der Waals surface area contributed by atoms with Gasteiger partial charge in [-0.1, -0.05) is 0 Å². The monoisotopic (exact) mass is 253 g/mol. The molecule has 0 atom stereocenters. The summed E-state index contributed by atoms with van der Waals surface area (Å²) in [6, 6.07) is 1.77. The molecular weight excluding hydrogens is 238 g/mol. The molecule has 2 N–H and O–H groups in total. The largest absolute Gasteiger partial charge is 0.381 e. The lowest BCUT2D eigenvalue weighted by molar-refractivity contribution is 0.0547. The molecule has 1 saturated heterocycles. The normalized spacial score (nSPS) is 17.0. The summed E-state index contributed by atoms with van der Waals surface area (Å²) in [6.07, 6.45) is 1.53. The Morgan fingerprint density at radius 1 is 1.41 bits per heavy atom. The maximum atomic E-state index is 12.2. The molecular formula is C12H15NO3S. The molecule has 4 nitrogen and oxygen atoms in total. The minimum atomic E-state index is -0.460. The lowest BCUT2D eigenvalue weighted by Crippen LogP contribution is -2.22. The van der Waals surface area contributed by atoms with Gasteiger partial charge in [0.15, 0.2) is 5.78 Å². The number of primary amides is 1. The van der Waals surface area contributed by atoms with Crippen molar-refractivity contribution in [3.63, 3.8) is 0 Å². The average molecular weight is 253 g/mol. The van der Waals surface area contributed by atoms with Gasteiger partial charge in [0.2, 0.25) is 0 Å². The van der Waals surface area contributed by atoms with Gasteiger partial charge in [0.25, 0.3) is 5.91 Å². The summed E-state index contributed by atoms with van der Waals surface area (Å²) in [5, 5.41) is 0. The third-order valence-electron chi connectivity index (χ3n) is 2.98. The first kappa shape index (κ1) is 12.3. The molecule has 17 heavy (non-hydrogen) atoms. The van der Waals surface area contributed by atoms with Crippen LogP contribution in [0.2, 0.25) is 0 Å². The van der Waals surface area contributed by atoms with Crippen LogP contribution in [-0.4, -0.2) is 24.9 Å². The number of ether oxygens (including phenoxy) is 1. The van der Waals surface area contributed by atoms with Crippen LogP contribution in [0, 0.1) is 12.8 Å². The lowest BCUT2D eigenvalue weighted by Gasteiger charge is -2.19. The van der Waals surface area contributed by atoms with Gasteiger partial charge in [-0.15, -0.1) is 11.3 Å². The molecule has 5 heteroatoms. The number of aryl methyl sites for hydroxylation is 1. The number of nitrogens with two attached hydrogens (primary N) is 1. The van der Waals surface area contributed by atoms with Crippen molar-refractivity contribution in [2.45, 2.75) is 19.8 Å². The van der Waals surface area contributed by atoms with Crippen LogP contribution in [0.4, 0.5) is 0 Å². The maximum Gasteiger partial charge on any atom is 0.259 e. The summed E-state index contributed by atoms with van der Waals surface area (Å²) in [5.74, 6) is -0.310. The van der Waals surface area contributed by atoms with E-state index in [2.05, 4.69) is 0 Å². The van der Waals surface area contributed by atoms with Crippen molar-refractivity contribution in [2.24, 2.45) is 11.7 Å². The smallest absolute Gasteiger partial charge is 0.259 e. The molecule has 0 bridgehead atoms. The van der Waals surface area contributed by atoms with E-state index >= 15 is 0 Å². The number of hydrogen-bond acceptors (Lipinski definition) is 4. The van der Waals surface area contributed by atoms with Gasteiger partial charge in [0.1, 0.15) is 0 Å². The van der Waals surface area contributed by atoms with Gasteiger partial charge in [-0.25, -0.2) is 0 Å². The Hall–Kier alpha value is -1.20. The van der Waals surface area contributed by atoms with Gasteiger partial charge in [-0.05, 0) is 31.4 Å². The van der Waals surface area contributed by atoms with Gasteiger partial charge in [-0.3, -0.25) is 9.59 Å². The van der Waals surface area contributed by atoms with E-state index in [9.17, 15) is 9.59 Å². The first-order chi connectivity index (χ1) is 8.09. The highest BCUT2D eigenvalue weighted by Crippen LogP contribution is 2.27. The van der Waals surface area contributed by atoms with E-state index in [1.165, 1.54) is 11.3 Å². The lowest BCUT2D eigenvalue weighted by atomic mass is 9.94. The summed E-state index contributed by atoms with van der Waals surface area (Å²) >= 11 is 1.20. The van der Waals surface area contributed by atoms with Crippen molar-refractivity contribution in [3.05, 3.63) is 21.4 Å². The second-order valence-electron chi connectivity index (χ2n) is 4.24. The van der Waals surface area contributed by atoms with E-state index in [1.807, 2.05) is 0 Å². The number of carbonyl (C=O) groups excluding carboxylic acids is 2. The molecule has 1 aromatic rings. The van der Waals surface area contributed by atoms with Crippen LogP contribution < -0.4 is 5.73 Å². The Kier molecular flexibility index (Phi) is 3.59. The summed E-state index contributed by atoms with van der Waals surface area (Å²) in [6.45, 7) is 3.09. The number of amides is 1. The van der Waals surface area contributed by atoms with E-state index in [4.69, 9.17) is 10.5 Å². The average Bonchev–Trinajstić information content (AvgIpc) is 2.71. The number of carbonyl (C=O) groups is 2. The summed E-state index contributed by atoms with van der Waals surface area (Å²) < 4.78 is 5.23. The molecule has 1 fully saturated rings. The van der Waals surface area contributed by atoms with Gasteiger partial charge in [0, 0.05) is 19.1 Å². The Bertz CT molecular complexity index is 447. The SMILES string of the molecule is Cc1cc(C(=O)C2CCOCC2)sc1C(N)=O. The molecule has 1 aromatic heterocycles. The molecule has 92 valence electrons. The highest BCUT2D eigenvalue weighted by Gasteiger charge is 2.25. The molecule has 1 aliphatic heterocycles. The van der Waals surface area contributed by atoms with E-state index in [0.717, 1.165) is 18.4 Å². The fourth-order valence-corrected chi connectivity index (χ4v) is 3.05. The second-order valence-corrected chi connectivity index (χ2v) is 5.29. The molecule has 0 aromatic carbocycles. The van der Waals surface area contributed by atoms with Crippen molar-refractivity contribution >= 4 is 23.0 Å². The second kappa shape index (κ2) is 4.98. The van der Waals surface area contributed by atoms with E-state index < -0.39 is 5.91 Å². The molecule has 0 unspecified atom stereocenters.